The van der Waals surface area contributed by atoms with Gasteiger partial charge < -0.3 is 4.74 Å². The molecule has 1 aromatic carbocycles. The first-order valence-corrected chi connectivity index (χ1v) is 4.39. The summed E-state index contributed by atoms with van der Waals surface area (Å²) in [7, 11) is 1.26. The summed E-state index contributed by atoms with van der Waals surface area (Å²) in [5, 5.41) is 0. The summed E-state index contributed by atoms with van der Waals surface area (Å²) in [5.41, 5.74) is 1.06. The van der Waals surface area contributed by atoms with E-state index in [4.69, 9.17) is 0 Å². The van der Waals surface area contributed by atoms with Crippen LogP contribution >= 0.6 is 0 Å². The van der Waals surface area contributed by atoms with E-state index in [1.807, 2.05) is 0 Å². The Labute approximate surface area is 86.9 Å². The van der Waals surface area contributed by atoms with Crippen molar-refractivity contribution in [3.8, 4) is 0 Å². The Kier molecular flexibility index (Phi) is 3.55. The second kappa shape index (κ2) is 4.68. The average Bonchev–Trinajstić information content (AvgIpc) is 2.24. The van der Waals surface area contributed by atoms with Crippen molar-refractivity contribution in [2.24, 2.45) is 0 Å². The lowest BCUT2D eigenvalue weighted by Crippen LogP contribution is -2.07. The summed E-state index contributed by atoms with van der Waals surface area (Å²) in [6.07, 6.45) is 0.518. The van der Waals surface area contributed by atoms with Crippen LogP contribution in [0.25, 0.3) is 0 Å². The Hall–Kier alpha value is -1.71. The van der Waals surface area contributed by atoms with Crippen LogP contribution in [0.2, 0.25) is 0 Å². The molecule has 0 heterocycles. The highest BCUT2D eigenvalue weighted by Crippen LogP contribution is 2.15. The molecule has 0 aliphatic carbocycles. The quantitative estimate of drug-likeness (QED) is 0.563. The summed E-state index contributed by atoms with van der Waals surface area (Å²) < 4.78 is 17.7. The number of halogens is 1. The number of ether oxygens (including phenoxy) is 1. The first kappa shape index (κ1) is 11.4. The van der Waals surface area contributed by atoms with Gasteiger partial charge in [0, 0.05) is 5.56 Å². The highest BCUT2D eigenvalue weighted by Gasteiger charge is 2.10. The Morgan fingerprint density at radius 2 is 2.20 bits per heavy atom. The van der Waals surface area contributed by atoms with Crippen molar-refractivity contribution in [2.45, 2.75) is 13.3 Å². The highest BCUT2D eigenvalue weighted by atomic mass is 19.1. The van der Waals surface area contributed by atoms with E-state index in [9.17, 15) is 14.0 Å². The number of methoxy groups -OCH3 is 1. The number of benzene rings is 1. The summed E-state index contributed by atoms with van der Waals surface area (Å²) in [5.74, 6) is -0.945. The van der Waals surface area contributed by atoms with Gasteiger partial charge in [0.25, 0.3) is 0 Å². The van der Waals surface area contributed by atoms with Gasteiger partial charge in [0.15, 0.2) is 0 Å². The number of carbonyl (C=O) groups is 2. The molecule has 0 N–H and O–H groups in total. The highest BCUT2D eigenvalue weighted by molar-refractivity contribution is 5.78. The van der Waals surface area contributed by atoms with E-state index >= 15 is 0 Å². The zero-order valence-electron chi connectivity index (χ0n) is 8.54. The molecule has 0 bridgehead atoms. The minimum atomic E-state index is -0.487. The van der Waals surface area contributed by atoms with E-state index in [0.717, 1.165) is 6.07 Å². The fourth-order valence-corrected chi connectivity index (χ4v) is 1.24. The molecule has 0 atom stereocenters. The SMILES string of the molecule is COC(=O)Cc1cc(C=O)cc(F)c1C. The number of aldehydes is 1. The third-order valence-electron chi connectivity index (χ3n) is 2.17. The molecular formula is C11H11FO3. The summed E-state index contributed by atoms with van der Waals surface area (Å²) in [6.45, 7) is 1.56. The molecule has 80 valence electrons. The van der Waals surface area contributed by atoms with Gasteiger partial charge in [-0.05, 0) is 30.2 Å². The van der Waals surface area contributed by atoms with Crippen molar-refractivity contribution in [3.05, 3.63) is 34.6 Å². The van der Waals surface area contributed by atoms with Gasteiger partial charge in [-0.15, -0.1) is 0 Å². The summed E-state index contributed by atoms with van der Waals surface area (Å²) in [6, 6.07) is 2.63. The zero-order chi connectivity index (χ0) is 11.4. The van der Waals surface area contributed by atoms with Gasteiger partial charge in [0.2, 0.25) is 0 Å². The van der Waals surface area contributed by atoms with Crippen LogP contribution in [0.15, 0.2) is 12.1 Å². The first-order valence-electron chi connectivity index (χ1n) is 4.39. The number of rotatable bonds is 3. The largest absolute Gasteiger partial charge is 0.469 e. The van der Waals surface area contributed by atoms with Crippen LogP contribution in [0.5, 0.6) is 0 Å². The van der Waals surface area contributed by atoms with Crippen molar-refractivity contribution < 1.29 is 18.7 Å². The van der Waals surface area contributed by atoms with Crippen molar-refractivity contribution >= 4 is 12.3 Å². The molecule has 0 fully saturated rings. The smallest absolute Gasteiger partial charge is 0.309 e. The van der Waals surface area contributed by atoms with E-state index in [1.165, 1.54) is 13.2 Å². The number of hydrogen-bond acceptors (Lipinski definition) is 3. The molecule has 0 radical (unpaired) electrons. The van der Waals surface area contributed by atoms with E-state index in [2.05, 4.69) is 4.74 Å². The second-order valence-corrected chi connectivity index (χ2v) is 3.16. The van der Waals surface area contributed by atoms with Crippen molar-refractivity contribution in [2.75, 3.05) is 7.11 Å². The Bertz CT molecular complexity index is 399. The molecular weight excluding hydrogens is 199 g/mol. The topological polar surface area (TPSA) is 43.4 Å². The van der Waals surface area contributed by atoms with Crippen LogP contribution in [0, 0.1) is 12.7 Å². The molecule has 0 unspecified atom stereocenters. The second-order valence-electron chi connectivity index (χ2n) is 3.16. The molecule has 0 saturated heterocycles. The predicted octanol–water partition coefficient (Wildman–Crippen LogP) is 1.66. The first-order chi connectivity index (χ1) is 7.08. The van der Waals surface area contributed by atoms with Crippen LogP contribution in [0.1, 0.15) is 21.5 Å². The van der Waals surface area contributed by atoms with Gasteiger partial charge in [-0.3, -0.25) is 9.59 Å². The fourth-order valence-electron chi connectivity index (χ4n) is 1.24. The lowest BCUT2D eigenvalue weighted by Gasteiger charge is -2.06. The Morgan fingerprint density at radius 3 is 2.73 bits per heavy atom. The molecule has 1 rings (SSSR count). The molecule has 1 aromatic rings. The van der Waals surface area contributed by atoms with Crippen LogP contribution in [-0.4, -0.2) is 19.4 Å². The van der Waals surface area contributed by atoms with Crippen molar-refractivity contribution in [1.82, 2.24) is 0 Å². The zero-order valence-corrected chi connectivity index (χ0v) is 8.54. The Balaban J connectivity index is 3.10. The maximum absolute atomic E-state index is 13.3. The van der Waals surface area contributed by atoms with Gasteiger partial charge in [-0.2, -0.15) is 0 Å². The van der Waals surface area contributed by atoms with Crippen LogP contribution in [-0.2, 0) is 16.0 Å². The van der Waals surface area contributed by atoms with Gasteiger partial charge in [-0.25, -0.2) is 4.39 Å². The van der Waals surface area contributed by atoms with Crippen LogP contribution in [0.3, 0.4) is 0 Å². The lowest BCUT2D eigenvalue weighted by atomic mass is 10.0. The maximum atomic E-state index is 13.3. The fraction of sp³-hybridized carbons (Fsp3) is 0.273. The molecule has 0 amide bonds. The molecule has 3 nitrogen and oxygen atoms in total. The molecule has 0 aliphatic rings. The van der Waals surface area contributed by atoms with Gasteiger partial charge >= 0.3 is 5.97 Å². The number of esters is 1. The van der Waals surface area contributed by atoms with Crippen LogP contribution < -0.4 is 0 Å². The molecule has 0 aromatic heterocycles. The van der Waals surface area contributed by atoms with Crippen molar-refractivity contribution in [3.63, 3.8) is 0 Å². The minimum Gasteiger partial charge on any atom is -0.469 e. The van der Waals surface area contributed by atoms with Gasteiger partial charge in [0.1, 0.15) is 12.1 Å². The molecule has 0 spiro atoms. The van der Waals surface area contributed by atoms with Gasteiger partial charge in [-0.1, -0.05) is 0 Å². The Morgan fingerprint density at radius 1 is 1.53 bits per heavy atom. The minimum absolute atomic E-state index is 0.0269. The average molecular weight is 210 g/mol. The third-order valence-corrected chi connectivity index (χ3v) is 2.17. The van der Waals surface area contributed by atoms with E-state index < -0.39 is 11.8 Å². The normalized spacial score (nSPS) is 9.80. The molecule has 0 aliphatic heterocycles. The molecule has 0 saturated carbocycles. The summed E-state index contributed by atoms with van der Waals surface area (Å²) >= 11 is 0. The molecule has 15 heavy (non-hydrogen) atoms. The van der Waals surface area contributed by atoms with Gasteiger partial charge in [0.05, 0.1) is 13.5 Å². The summed E-state index contributed by atoms with van der Waals surface area (Å²) in [4.78, 5) is 21.5. The van der Waals surface area contributed by atoms with E-state index in [1.54, 1.807) is 6.92 Å². The number of hydrogen-bond donors (Lipinski definition) is 0. The van der Waals surface area contributed by atoms with E-state index in [-0.39, 0.29) is 12.0 Å². The van der Waals surface area contributed by atoms with Crippen LogP contribution in [0.4, 0.5) is 4.39 Å². The van der Waals surface area contributed by atoms with Crippen molar-refractivity contribution in [1.29, 1.82) is 0 Å². The molecule has 4 heteroatoms. The standard InChI is InChI=1S/C11H11FO3/c1-7-9(5-11(14)15-2)3-8(6-13)4-10(7)12/h3-4,6H,5H2,1-2H3. The number of carbonyl (C=O) groups excluding carboxylic acids is 2. The predicted molar refractivity (Wildman–Crippen MR) is 52.2 cm³/mol. The lowest BCUT2D eigenvalue weighted by molar-refractivity contribution is -0.139. The third kappa shape index (κ3) is 2.62. The maximum Gasteiger partial charge on any atom is 0.309 e. The van der Waals surface area contributed by atoms with E-state index in [0.29, 0.717) is 17.4 Å². The monoisotopic (exact) mass is 210 g/mol.